The molecular formula is C20H26F3N2O6P. The van der Waals surface area contributed by atoms with E-state index in [-0.39, 0.29) is 33.8 Å². The lowest BCUT2D eigenvalue weighted by Crippen LogP contribution is -2.30. The summed E-state index contributed by atoms with van der Waals surface area (Å²) < 4.78 is 52.7. The highest BCUT2D eigenvalue weighted by atomic mass is 31.1. The second kappa shape index (κ2) is 12.9. The number of halogens is 3. The van der Waals surface area contributed by atoms with Crippen LogP contribution in [0.5, 0.6) is 0 Å². The number of rotatable bonds is 6. The zero-order valence-corrected chi connectivity index (χ0v) is 18.4. The van der Waals surface area contributed by atoms with Crippen LogP contribution in [0.1, 0.15) is 36.5 Å². The van der Waals surface area contributed by atoms with Crippen LogP contribution in [0, 0.1) is 0 Å². The Morgan fingerprint density at radius 1 is 1.28 bits per heavy atom. The molecule has 3 rings (SSSR count). The molecule has 2 aliphatic heterocycles. The van der Waals surface area contributed by atoms with Crippen molar-refractivity contribution in [3.63, 3.8) is 0 Å². The fourth-order valence-electron chi connectivity index (χ4n) is 2.96. The van der Waals surface area contributed by atoms with Crippen molar-refractivity contribution in [3.8, 4) is 0 Å². The molecule has 12 heteroatoms. The molecule has 3 unspecified atom stereocenters. The Bertz CT molecular complexity index is 757. The van der Waals surface area contributed by atoms with Crippen molar-refractivity contribution in [2.75, 3.05) is 20.3 Å². The Morgan fingerprint density at radius 2 is 2.00 bits per heavy atom. The molecule has 4 atom stereocenters. The predicted octanol–water partition coefficient (Wildman–Crippen LogP) is 2.89. The largest absolute Gasteiger partial charge is 0.416 e. The quantitative estimate of drug-likeness (QED) is 0.371. The van der Waals surface area contributed by atoms with Crippen molar-refractivity contribution in [1.29, 1.82) is 0 Å². The number of carbonyl (C=O) groups excluding carboxylic acids is 2. The molecule has 2 amide bonds. The van der Waals surface area contributed by atoms with Crippen molar-refractivity contribution in [3.05, 3.63) is 47.7 Å². The minimum atomic E-state index is -4.28. The third kappa shape index (κ3) is 8.14. The van der Waals surface area contributed by atoms with E-state index in [9.17, 15) is 22.8 Å². The molecule has 1 aromatic carbocycles. The van der Waals surface area contributed by atoms with E-state index < -0.39 is 18.0 Å². The van der Waals surface area contributed by atoms with Gasteiger partial charge in [0.15, 0.2) is 9.03 Å². The lowest BCUT2D eigenvalue weighted by molar-refractivity contribution is -0.137. The number of aliphatic hydroxyl groups is 1. The van der Waals surface area contributed by atoms with Gasteiger partial charge in [-0.3, -0.25) is 14.5 Å². The highest BCUT2D eigenvalue weighted by molar-refractivity contribution is 7.26. The van der Waals surface area contributed by atoms with E-state index in [0.29, 0.717) is 32.3 Å². The maximum atomic E-state index is 12.3. The zero-order chi connectivity index (χ0) is 23.6. The van der Waals surface area contributed by atoms with Crippen LogP contribution in [0.4, 0.5) is 13.2 Å². The summed E-state index contributed by atoms with van der Waals surface area (Å²) in [5.74, 6) is -0.288. The SMILES string of the molecule is CNC(=O)/C=C\N(C=O)C1CCC(CO)O1.FC(F)(F)c1ccc([C@@H]2CCOPO2)cc1. The minimum Gasteiger partial charge on any atom is -0.394 e. The van der Waals surface area contributed by atoms with Gasteiger partial charge in [0.2, 0.25) is 12.3 Å². The van der Waals surface area contributed by atoms with Crippen LogP contribution in [-0.4, -0.2) is 54.9 Å². The van der Waals surface area contributed by atoms with E-state index in [1.807, 2.05) is 0 Å². The first-order valence-electron chi connectivity index (χ1n) is 9.87. The number of likely N-dealkylation sites (N-methyl/N-ethyl adjacent to an activating group) is 1. The molecule has 0 aromatic heterocycles. The van der Waals surface area contributed by atoms with Crippen LogP contribution in [0.3, 0.4) is 0 Å². The highest BCUT2D eigenvalue weighted by Crippen LogP contribution is 2.36. The van der Waals surface area contributed by atoms with Crippen LogP contribution in [0.15, 0.2) is 36.5 Å². The molecule has 0 saturated carbocycles. The summed E-state index contributed by atoms with van der Waals surface area (Å²) >= 11 is 0. The summed E-state index contributed by atoms with van der Waals surface area (Å²) in [5.41, 5.74) is 0.134. The molecule has 178 valence electrons. The van der Waals surface area contributed by atoms with Crippen LogP contribution >= 0.6 is 9.03 Å². The average molecular weight is 478 g/mol. The molecule has 2 aliphatic rings. The number of ether oxygens (including phenoxy) is 1. The number of benzene rings is 1. The third-order valence-corrected chi connectivity index (χ3v) is 5.43. The van der Waals surface area contributed by atoms with Crippen LogP contribution in [0.2, 0.25) is 0 Å². The number of nitrogens with zero attached hydrogens (tertiary/aromatic N) is 1. The number of hydrogen-bond acceptors (Lipinski definition) is 6. The van der Waals surface area contributed by atoms with Crippen LogP contribution < -0.4 is 5.32 Å². The second-order valence-corrected chi connectivity index (χ2v) is 7.59. The van der Waals surface area contributed by atoms with Gasteiger partial charge in [0.25, 0.3) is 0 Å². The minimum absolute atomic E-state index is 0.0283. The summed E-state index contributed by atoms with van der Waals surface area (Å²) in [6, 6.07) is 5.08. The van der Waals surface area contributed by atoms with Gasteiger partial charge in [0.05, 0.1) is 31.0 Å². The number of alkyl halides is 3. The predicted molar refractivity (Wildman–Crippen MR) is 110 cm³/mol. The van der Waals surface area contributed by atoms with Gasteiger partial charge < -0.3 is 24.2 Å². The Labute approximate surface area is 185 Å². The molecule has 0 aliphatic carbocycles. The van der Waals surface area contributed by atoms with Crippen molar-refractivity contribution in [2.24, 2.45) is 0 Å². The van der Waals surface area contributed by atoms with Crippen molar-refractivity contribution >= 4 is 21.4 Å². The van der Waals surface area contributed by atoms with E-state index in [4.69, 9.17) is 18.9 Å². The average Bonchev–Trinajstić information content (AvgIpc) is 3.29. The molecule has 2 heterocycles. The maximum Gasteiger partial charge on any atom is 0.416 e. The summed E-state index contributed by atoms with van der Waals surface area (Å²) in [7, 11) is 1.48. The normalized spacial score (nSPS) is 24.1. The lowest BCUT2D eigenvalue weighted by atomic mass is 10.0. The number of carbonyl (C=O) groups is 2. The summed E-state index contributed by atoms with van der Waals surface area (Å²) in [4.78, 5) is 23.0. The molecule has 2 saturated heterocycles. The molecule has 2 N–H and O–H groups in total. The number of hydrogen-bond donors (Lipinski definition) is 2. The van der Waals surface area contributed by atoms with Gasteiger partial charge in [0, 0.05) is 25.7 Å². The number of amides is 2. The smallest absolute Gasteiger partial charge is 0.394 e. The molecule has 0 bridgehead atoms. The highest BCUT2D eigenvalue weighted by Gasteiger charge is 2.30. The molecule has 8 nitrogen and oxygen atoms in total. The van der Waals surface area contributed by atoms with Crippen LogP contribution in [-0.2, 0) is 29.5 Å². The molecule has 0 radical (unpaired) electrons. The first-order chi connectivity index (χ1) is 15.3. The van der Waals surface area contributed by atoms with E-state index in [2.05, 4.69) is 5.32 Å². The second-order valence-electron chi connectivity index (χ2n) is 6.90. The van der Waals surface area contributed by atoms with Crippen molar-refractivity contribution in [2.45, 2.75) is 43.9 Å². The molecule has 0 spiro atoms. The summed E-state index contributed by atoms with van der Waals surface area (Å²) in [6.45, 7) is 0.534. The fraction of sp³-hybridized carbons (Fsp3) is 0.500. The Morgan fingerprint density at radius 3 is 2.50 bits per heavy atom. The molecule has 1 aromatic rings. The van der Waals surface area contributed by atoms with Gasteiger partial charge in [-0.1, -0.05) is 12.1 Å². The molecule has 2 fully saturated rings. The summed E-state index contributed by atoms with van der Waals surface area (Å²) in [5, 5.41) is 11.3. The Balaban J connectivity index is 0.000000227. The van der Waals surface area contributed by atoms with Gasteiger partial charge in [-0.05, 0) is 30.5 Å². The van der Waals surface area contributed by atoms with Gasteiger partial charge >= 0.3 is 6.18 Å². The summed E-state index contributed by atoms with van der Waals surface area (Å²) in [6.07, 6.45) is 0.228. The van der Waals surface area contributed by atoms with E-state index >= 15 is 0 Å². The van der Waals surface area contributed by atoms with Crippen LogP contribution in [0.25, 0.3) is 0 Å². The van der Waals surface area contributed by atoms with Crippen molar-refractivity contribution in [1.82, 2.24) is 10.2 Å². The zero-order valence-electron chi connectivity index (χ0n) is 17.4. The standard InChI is InChI=1S/C10H10F3O2P.C10H16N2O4/c11-10(12,13)8-3-1-7(2-4-8)9-5-6-14-16-15-9;1-11-9(15)4-5-12(7-14)10-3-2-8(6-13)16-10/h1-4,9,16H,5-6H2;4-5,7-8,10,13H,2-3,6H2,1H3,(H,11,15)/b;5-4-/t9-;/m0./s1. The van der Waals surface area contributed by atoms with E-state index in [1.54, 1.807) is 0 Å². The van der Waals surface area contributed by atoms with E-state index in [0.717, 1.165) is 17.7 Å². The molecular weight excluding hydrogens is 452 g/mol. The van der Waals surface area contributed by atoms with Gasteiger partial charge in [-0.15, -0.1) is 0 Å². The number of nitrogens with one attached hydrogen (secondary N) is 1. The monoisotopic (exact) mass is 478 g/mol. The topological polar surface area (TPSA) is 97.3 Å². The first-order valence-corrected chi connectivity index (χ1v) is 10.7. The Kier molecular flexibility index (Phi) is 10.5. The van der Waals surface area contributed by atoms with Gasteiger partial charge in [-0.25, -0.2) is 0 Å². The van der Waals surface area contributed by atoms with Gasteiger partial charge in [-0.2, -0.15) is 13.2 Å². The Hall–Kier alpha value is -2.04. The maximum absolute atomic E-state index is 12.3. The fourth-order valence-corrected chi connectivity index (χ4v) is 3.60. The van der Waals surface area contributed by atoms with E-state index in [1.165, 1.54) is 36.4 Å². The lowest BCUT2D eigenvalue weighted by Gasteiger charge is -2.22. The molecule has 32 heavy (non-hydrogen) atoms. The van der Waals surface area contributed by atoms with Gasteiger partial charge in [0.1, 0.15) is 6.23 Å². The number of aliphatic hydroxyl groups excluding tert-OH is 1. The van der Waals surface area contributed by atoms with Crippen molar-refractivity contribution < 1.29 is 41.7 Å². The third-order valence-electron chi connectivity index (χ3n) is 4.73. The first kappa shape index (κ1) is 26.2.